The maximum Gasteiger partial charge on any atom is 0.420 e. The second-order valence-corrected chi connectivity index (χ2v) is 6.90. The monoisotopic (exact) mass is 474 g/mol. The minimum Gasteiger partial charge on any atom is -0.451 e. The van der Waals surface area contributed by atoms with Gasteiger partial charge in [0.1, 0.15) is 17.0 Å². The van der Waals surface area contributed by atoms with Crippen LogP contribution in [0.25, 0.3) is 0 Å². The van der Waals surface area contributed by atoms with Crippen molar-refractivity contribution in [1.29, 1.82) is 5.26 Å². The summed E-state index contributed by atoms with van der Waals surface area (Å²) in [7, 11) is 0. The third-order valence-corrected chi connectivity index (χ3v) is 4.44. The zero-order chi connectivity index (χ0) is 23.6. The molecule has 168 valence electrons. The van der Waals surface area contributed by atoms with Crippen molar-refractivity contribution in [3.63, 3.8) is 0 Å². The lowest BCUT2D eigenvalue weighted by Gasteiger charge is -2.21. The number of alkyl halides is 5. The van der Waals surface area contributed by atoms with Crippen LogP contribution in [0, 0.1) is 11.3 Å². The second kappa shape index (κ2) is 8.97. The maximum absolute atomic E-state index is 13.5. The first kappa shape index (κ1) is 23.2. The van der Waals surface area contributed by atoms with Crippen LogP contribution >= 0.6 is 11.6 Å². The van der Waals surface area contributed by atoms with Crippen molar-refractivity contribution in [3.05, 3.63) is 68.6 Å². The van der Waals surface area contributed by atoms with Crippen molar-refractivity contribution in [2.75, 3.05) is 0 Å². The summed E-state index contributed by atoms with van der Waals surface area (Å²) >= 11 is 5.83. The Kier molecular flexibility index (Phi) is 6.52. The van der Waals surface area contributed by atoms with Gasteiger partial charge in [0, 0.05) is 16.8 Å². The van der Waals surface area contributed by atoms with Crippen LogP contribution in [0.15, 0.2) is 52.0 Å². The average Bonchev–Trinajstić information content (AvgIpc) is 2.70. The van der Waals surface area contributed by atoms with Gasteiger partial charge in [0.2, 0.25) is 5.75 Å². The number of nitriles is 1. The molecule has 0 amide bonds. The molecule has 2 N–H and O–H groups in total. The molecular weight excluding hydrogens is 463 g/mol. The van der Waals surface area contributed by atoms with Crippen LogP contribution < -0.4 is 15.7 Å². The molecule has 0 radical (unpaired) electrons. The van der Waals surface area contributed by atoms with Crippen LogP contribution in [-0.2, 0) is 12.7 Å². The number of allylic oxidation sites excluding steroid dienone is 1. The quantitative estimate of drug-likeness (QED) is 0.644. The molecule has 1 aliphatic rings. The molecule has 1 aromatic heterocycles. The largest absolute Gasteiger partial charge is 0.451 e. The third-order valence-electron chi connectivity index (χ3n) is 4.22. The lowest BCUT2D eigenvalue weighted by atomic mass is 10.1. The van der Waals surface area contributed by atoms with E-state index in [0.717, 1.165) is 29.0 Å². The van der Waals surface area contributed by atoms with Gasteiger partial charge in [-0.15, -0.1) is 0 Å². The van der Waals surface area contributed by atoms with Crippen LogP contribution in [0.1, 0.15) is 11.1 Å². The molecule has 7 nitrogen and oxygen atoms in total. The number of aliphatic hydroxyl groups excluding tert-OH is 1. The van der Waals surface area contributed by atoms with Crippen molar-refractivity contribution >= 4 is 17.3 Å². The molecule has 0 spiro atoms. The van der Waals surface area contributed by atoms with Crippen molar-refractivity contribution in [1.82, 2.24) is 9.99 Å². The van der Waals surface area contributed by atoms with Gasteiger partial charge in [-0.2, -0.15) is 23.5 Å². The van der Waals surface area contributed by atoms with Gasteiger partial charge in [-0.05, 0) is 30.3 Å². The van der Waals surface area contributed by atoms with Crippen LogP contribution in [-0.4, -0.2) is 28.0 Å². The normalized spacial score (nSPS) is 16.2. The van der Waals surface area contributed by atoms with Gasteiger partial charge in [0.25, 0.3) is 12.0 Å². The van der Waals surface area contributed by atoms with E-state index in [1.165, 1.54) is 6.07 Å². The number of nitrogens with one attached hydrogen (secondary N) is 1. The van der Waals surface area contributed by atoms with E-state index in [9.17, 15) is 31.9 Å². The second-order valence-electron chi connectivity index (χ2n) is 6.47. The molecule has 3 rings (SSSR count). The van der Waals surface area contributed by atoms with Gasteiger partial charge in [0.15, 0.2) is 6.23 Å². The maximum atomic E-state index is 13.5. The predicted molar refractivity (Wildman–Crippen MR) is 103 cm³/mol. The molecule has 1 unspecified atom stereocenters. The van der Waals surface area contributed by atoms with E-state index in [1.807, 2.05) is 5.43 Å². The number of pyridine rings is 1. The molecule has 0 aliphatic carbocycles. The fourth-order valence-corrected chi connectivity index (χ4v) is 2.99. The molecule has 0 fully saturated rings. The summed E-state index contributed by atoms with van der Waals surface area (Å²) in [5.74, 6) is -1.41. The standard InChI is InChI=1S/C19H12ClF5N4O3/c20-11-3-9(7-26)4-12(6-11)32-15-13(19(23,24)25)1-2-29(18(15)31)8-10-5-14(16(21)22)27-28-17(10)30/h1-6,16-17,28,30H,8H2. The lowest BCUT2D eigenvalue weighted by Crippen LogP contribution is -2.36. The summed E-state index contributed by atoms with van der Waals surface area (Å²) in [4.78, 5) is 12.8. The third kappa shape index (κ3) is 5.06. The molecule has 1 aliphatic heterocycles. The van der Waals surface area contributed by atoms with Gasteiger partial charge >= 0.3 is 6.18 Å². The number of nitrogens with zero attached hydrogens (tertiary/aromatic N) is 3. The highest BCUT2D eigenvalue weighted by Gasteiger charge is 2.37. The molecule has 32 heavy (non-hydrogen) atoms. The molecular formula is C19H12ClF5N4O3. The molecule has 0 saturated carbocycles. The van der Waals surface area contributed by atoms with Gasteiger partial charge < -0.3 is 14.4 Å². The summed E-state index contributed by atoms with van der Waals surface area (Å²) < 4.78 is 72.1. The first-order valence-electron chi connectivity index (χ1n) is 8.68. The SMILES string of the molecule is N#Cc1cc(Cl)cc(Oc2c(C(F)(F)F)ccn(CC3=CC(C(F)F)=NNC3O)c2=O)c1. The summed E-state index contributed by atoms with van der Waals surface area (Å²) in [6.07, 6.45) is -7.86. The number of ether oxygens (including phenoxy) is 1. The summed E-state index contributed by atoms with van der Waals surface area (Å²) in [6, 6.07) is 5.77. The van der Waals surface area contributed by atoms with Gasteiger partial charge in [0.05, 0.1) is 18.2 Å². The number of hydrogen-bond donors (Lipinski definition) is 2. The lowest BCUT2D eigenvalue weighted by molar-refractivity contribution is -0.138. The zero-order valence-corrected chi connectivity index (χ0v) is 16.5. The minimum atomic E-state index is -4.97. The Labute approximate surface area is 181 Å². The fraction of sp³-hybridized carbons (Fsp3) is 0.211. The fourth-order valence-electron chi connectivity index (χ4n) is 2.76. The van der Waals surface area contributed by atoms with E-state index >= 15 is 0 Å². The van der Waals surface area contributed by atoms with E-state index in [0.29, 0.717) is 6.07 Å². The van der Waals surface area contributed by atoms with Gasteiger partial charge in [-0.3, -0.25) is 10.2 Å². The minimum absolute atomic E-state index is 0.00996. The molecule has 1 aromatic carbocycles. The number of benzene rings is 1. The van der Waals surface area contributed by atoms with Gasteiger partial charge in [-0.25, -0.2) is 8.78 Å². The summed E-state index contributed by atoms with van der Waals surface area (Å²) in [5.41, 5.74) is -1.50. The highest BCUT2D eigenvalue weighted by Crippen LogP contribution is 2.36. The Morgan fingerprint density at radius 3 is 2.69 bits per heavy atom. The van der Waals surface area contributed by atoms with Crippen molar-refractivity contribution < 1.29 is 31.8 Å². The Morgan fingerprint density at radius 2 is 2.06 bits per heavy atom. The Balaban J connectivity index is 2.06. The van der Waals surface area contributed by atoms with Crippen molar-refractivity contribution in [2.24, 2.45) is 5.10 Å². The molecule has 1 atom stereocenters. The van der Waals surface area contributed by atoms with Crippen molar-refractivity contribution in [2.45, 2.75) is 25.4 Å². The zero-order valence-electron chi connectivity index (χ0n) is 15.7. The Bertz CT molecular complexity index is 1200. The highest BCUT2D eigenvalue weighted by atomic mass is 35.5. The van der Waals surface area contributed by atoms with E-state index in [1.54, 1.807) is 6.07 Å². The number of aliphatic hydroxyl groups is 1. The van der Waals surface area contributed by atoms with Crippen LogP contribution in [0.2, 0.25) is 5.02 Å². The number of hydrogen-bond acceptors (Lipinski definition) is 6. The van der Waals surface area contributed by atoms with Crippen molar-refractivity contribution in [3.8, 4) is 17.6 Å². The van der Waals surface area contributed by atoms with E-state index in [2.05, 4.69) is 5.10 Å². The number of halogens is 6. The Morgan fingerprint density at radius 1 is 1.34 bits per heavy atom. The molecule has 13 heteroatoms. The van der Waals surface area contributed by atoms with Crippen LogP contribution in [0.3, 0.4) is 0 Å². The molecule has 0 saturated heterocycles. The summed E-state index contributed by atoms with van der Waals surface area (Å²) in [5, 5.41) is 22.1. The van der Waals surface area contributed by atoms with Gasteiger partial charge in [-0.1, -0.05) is 11.6 Å². The van der Waals surface area contributed by atoms with Crippen LogP contribution in [0.5, 0.6) is 11.5 Å². The number of hydrazone groups is 1. The van der Waals surface area contributed by atoms with E-state index in [-0.39, 0.29) is 21.9 Å². The average molecular weight is 475 g/mol. The predicted octanol–water partition coefficient (Wildman–Crippen LogP) is 3.65. The molecule has 2 aromatic rings. The number of aromatic nitrogens is 1. The molecule has 0 bridgehead atoms. The Hall–Kier alpha value is -3.43. The highest BCUT2D eigenvalue weighted by molar-refractivity contribution is 6.30. The smallest absolute Gasteiger partial charge is 0.420 e. The number of rotatable bonds is 5. The summed E-state index contributed by atoms with van der Waals surface area (Å²) in [6.45, 7) is -0.535. The molecule has 2 heterocycles. The topological polar surface area (TPSA) is 99.6 Å². The first-order chi connectivity index (χ1) is 15.0. The van der Waals surface area contributed by atoms with Crippen LogP contribution in [0.4, 0.5) is 22.0 Å². The first-order valence-corrected chi connectivity index (χ1v) is 9.06. The van der Waals surface area contributed by atoms with E-state index in [4.69, 9.17) is 21.6 Å². The van der Waals surface area contributed by atoms with E-state index < -0.39 is 48.0 Å².